The molecule has 0 unspecified atom stereocenters. The van der Waals surface area contributed by atoms with Gasteiger partial charge in [-0.1, -0.05) is 51.5 Å². The van der Waals surface area contributed by atoms with Crippen LogP contribution in [0.25, 0.3) is 0 Å². The van der Waals surface area contributed by atoms with Crippen molar-refractivity contribution in [1.29, 1.82) is 0 Å². The second-order valence-electron chi connectivity index (χ2n) is 7.15. The van der Waals surface area contributed by atoms with Gasteiger partial charge in [0.15, 0.2) is 11.0 Å². The molecule has 0 spiro atoms. The quantitative estimate of drug-likeness (QED) is 0.324. The number of aromatic nitrogens is 3. The van der Waals surface area contributed by atoms with Crippen LogP contribution in [0.5, 0.6) is 0 Å². The minimum absolute atomic E-state index is 0.136. The van der Waals surface area contributed by atoms with Crippen molar-refractivity contribution in [3.8, 4) is 0 Å². The van der Waals surface area contributed by atoms with Gasteiger partial charge < -0.3 is 15.2 Å². The highest BCUT2D eigenvalue weighted by molar-refractivity contribution is 9.10. The fourth-order valence-electron chi connectivity index (χ4n) is 3.00. The summed E-state index contributed by atoms with van der Waals surface area (Å²) in [5.41, 5.74) is 3.35. The normalized spacial score (nSPS) is 10.6. The minimum Gasteiger partial charge on any atom is -0.345 e. The molecule has 0 atom stereocenters. The Morgan fingerprint density at radius 3 is 2.72 bits per heavy atom. The zero-order chi connectivity index (χ0) is 23.1. The van der Waals surface area contributed by atoms with E-state index in [1.165, 1.54) is 11.8 Å². The topological polar surface area (TPSA) is 88.9 Å². The molecular weight excluding hydrogens is 490 g/mol. The van der Waals surface area contributed by atoms with Gasteiger partial charge in [0.1, 0.15) is 0 Å². The third kappa shape index (κ3) is 6.30. The van der Waals surface area contributed by atoms with E-state index < -0.39 is 0 Å². The number of nitrogens with zero attached hydrogens (tertiary/aromatic N) is 3. The van der Waals surface area contributed by atoms with Gasteiger partial charge in [-0.15, -0.1) is 16.8 Å². The lowest BCUT2D eigenvalue weighted by molar-refractivity contribution is -0.113. The standard InChI is InChI=1S/C23H24BrN5O2S/c1-4-10-29-20(13-25-22(31)17-7-5-6-15(2)11-17)27-28-23(29)32-14-21(30)26-19-9-8-18(24)12-16(19)3/h4-9,11-12H,1,10,13-14H2,2-3H3,(H,25,31)(H,26,30). The van der Waals surface area contributed by atoms with Crippen LogP contribution in [0.4, 0.5) is 5.69 Å². The molecule has 3 aromatic rings. The lowest BCUT2D eigenvalue weighted by Crippen LogP contribution is -2.25. The summed E-state index contributed by atoms with van der Waals surface area (Å²) in [6.45, 7) is 8.35. The molecule has 32 heavy (non-hydrogen) atoms. The molecule has 0 saturated carbocycles. The van der Waals surface area contributed by atoms with Crippen molar-refractivity contribution in [3.05, 3.63) is 82.1 Å². The Bertz CT molecular complexity index is 1150. The van der Waals surface area contributed by atoms with Crippen molar-refractivity contribution >= 4 is 45.2 Å². The third-order valence-corrected chi connectivity index (χ3v) is 6.05. The Labute approximate surface area is 199 Å². The number of hydrogen-bond donors (Lipinski definition) is 2. The van der Waals surface area contributed by atoms with Crippen LogP contribution in [-0.2, 0) is 17.9 Å². The molecule has 2 aromatic carbocycles. The van der Waals surface area contributed by atoms with E-state index in [0.29, 0.717) is 23.1 Å². The van der Waals surface area contributed by atoms with Gasteiger partial charge >= 0.3 is 0 Å². The Kier molecular flexibility index (Phi) is 8.24. The summed E-state index contributed by atoms with van der Waals surface area (Å²) in [4.78, 5) is 24.9. The van der Waals surface area contributed by atoms with Gasteiger partial charge in [0.2, 0.25) is 5.91 Å². The average Bonchev–Trinajstić information content (AvgIpc) is 3.14. The van der Waals surface area contributed by atoms with Crippen LogP contribution in [0.1, 0.15) is 27.3 Å². The van der Waals surface area contributed by atoms with Crippen molar-refractivity contribution in [2.24, 2.45) is 0 Å². The number of thioether (sulfide) groups is 1. The Morgan fingerprint density at radius 1 is 1.19 bits per heavy atom. The second kappa shape index (κ2) is 11.1. The highest BCUT2D eigenvalue weighted by atomic mass is 79.9. The van der Waals surface area contributed by atoms with Gasteiger partial charge in [-0.05, 0) is 49.7 Å². The smallest absolute Gasteiger partial charge is 0.251 e. The van der Waals surface area contributed by atoms with Gasteiger partial charge in [0, 0.05) is 22.3 Å². The zero-order valence-corrected chi connectivity index (χ0v) is 20.3. The van der Waals surface area contributed by atoms with Gasteiger partial charge in [-0.2, -0.15) is 0 Å². The number of carbonyl (C=O) groups is 2. The number of nitrogens with one attached hydrogen (secondary N) is 2. The number of benzene rings is 2. The molecule has 166 valence electrons. The molecule has 1 aromatic heterocycles. The summed E-state index contributed by atoms with van der Waals surface area (Å²) >= 11 is 4.70. The van der Waals surface area contributed by atoms with Crippen molar-refractivity contribution < 1.29 is 9.59 Å². The summed E-state index contributed by atoms with van der Waals surface area (Å²) < 4.78 is 2.80. The van der Waals surface area contributed by atoms with E-state index in [1.54, 1.807) is 12.1 Å². The Morgan fingerprint density at radius 2 is 2.00 bits per heavy atom. The fraction of sp³-hybridized carbons (Fsp3) is 0.217. The Balaban J connectivity index is 1.61. The van der Waals surface area contributed by atoms with Gasteiger partial charge in [-0.25, -0.2) is 0 Å². The monoisotopic (exact) mass is 513 g/mol. The predicted octanol–water partition coefficient (Wildman–Crippen LogP) is 4.50. The molecule has 0 aliphatic heterocycles. The first kappa shape index (κ1) is 23.7. The molecule has 7 nitrogen and oxygen atoms in total. The first-order chi connectivity index (χ1) is 15.4. The van der Waals surface area contributed by atoms with Crippen molar-refractivity contribution in [1.82, 2.24) is 20.1 Å². The van der Waals surface area contributed by atoms with Gasteiger partial charge in [0.05, 0.1) is 12.3 Å². The molecule has 0 bridgehead atoms. The van der Waals surface area contributed by atoms with E-state index >= 15 is 0 Å². The molecule has 3 rings (SSSR count). The number of amides is 2. The molecule has 0 saturated heterocycles. The van der Waals surface area contributed by atoms with Crippen LogP contribution in [0, 0.1) is 13.8 Å². The second-order valence-corrected chi connectivity index (χ2v) is 9.00. The van der Waals surface area contributed by atoms with Crippen LogP contribution in [-0.4, -0.2) is 32.3 Å². The molecule has 0 aliphatic carbocycles. The van der Waals surface area contributed by atoms with E-state index in [-0.39, 0.29) is 24.1 Å². The number of halogens is 1. The molecule has 0 radical (unpaired) electrons. The van der Waals surface area contributed by atoms with Crippen molar-refractivity contribution in [2.45, 2.75) is 32.1 Å². The number of anilines is 1. The lowest BCUT2D eigenvalue weighted by atomic mass is 10.1. The summed E-state index contributed by atoms with van der Waals surface area (Å²) in [7, 11) is 0. The molecule has 0 aliphatic rings. The largest absolute Gasteiger partial charge is 0.345 e. The number of aryl methyl sites for hydroxylation is 2. The van der Waals surface area contributed by atoms with Crippen molar-refractivity contribution in [2.75, 3.05) is 11.1 Å². The Hall–Kier alpha value is -2.91. The zero-order valence-electron chi connectivity index (χ0n) is 17.9. The van der Waals surface area contributed by atoms with Crippen molar-refractivity contribution in [3.63, 3.8) is 0 Å². The molecule has 2 N–H and O–H groups in total. The number of hydrogen-bond acceptors (Lipinski definition) is 5. The summed E-state index contributed by atoms with van der Waals surface area (Å²) in [5, 5.41) is 14.8. The average molecular weight is 514 g/mol. The maximum absolute atomic E-state index is 12.4. The van der Waals surface area contributed by atoms with E-state index in [1.807, 2.05) is 54.8 Å². The first-order valence-electron chi connectivity index (χ1n) is 9.94. The van der Waals surface area contributed by atoms with Gasteiger partial charge in [-0.3, -0.25) is 9.59 Å². The first-order valence-corrected chi connectivity index (χ1v) is 11.7. The molecule has 9 heteroatoms. The van der Waals surface area contributed by atoms with E-state index in [2.05, 4.69) is 43.3 Å². The highest BCUT2D eigenvalue weighted by Crippen LogP contribution is 2.22. The summed E-state index contributed by atoms with van der Waals surface area (Å²) in [5.74, 6) is 0.459. The van der Waals surface area contributed by atoms with Crippen LogP contribution in [0.2, 0.25) is 0 Å². The van der Waals surface area contributed by atoms with Crippen LogP contribution in [0.3, 0.4) is 0 Å². The fourth-order valence-corrected chi connectivity index (χ4v) is 4.24. The minimum atomic E-state index is -0.180. The summed E-state index contributed by atoms with van der Waals surface area (Å²) in [6.07, 6.45) is 1.73. The lowest BCUT2D eigenvalue weighted by Gasteiger charge is -2.10. The van der Waals surface area contributed by atoms with Gasteiger partial charge in [0.25, 0.3) is 5.91 Å². The molecule has 0 fully saturated rings. The highest BCUT2D eigenvalue weighted by Gasteiger charge is 2.15. The molecule has 1 heterocycles. The third-order valence-electron chi connectivity index (χ3n) is 4.59. The molecular formula is C23H24BrN5O2S. The number of allylic oxidation sites excluding steroid dienone is 1. The van der Waals surface area contributed by atoms with E-state index in [4.69, 9.17) is 0 Å². The van der Waals surface area contributed by atoms with Crippen LogP contribution < -0.4 is 10.6 Å². The SMILES string of the molecule is C=CCn1c(CNC(=O)c2cccc(C)c2)nnc1SCC(=O)Nc1ccc(Br)cc1C. The van der Waals surface area contributed by atoms with Crippen LogP contribution in [0.15, 0.2) is 64.7 Å². The van der Waals surface area contributed by atoms with Crippen LogP contribution >= 0.6 is 27.7 Å². The van der Waals surface area contributed by atoms with E-state index in [0.717, 1.165) is 21.3 Å². The predicted molar refractivity (Wildman–Crippen MR) is 131 cm³/mol. The summed E-state index contributed by atoms with van der Waals surface area (Å²) in [6, 6.07) is 13.1. The molecule has 2 amide bonds. The number of rotatable bonds is 9. The maximum atomic E-state index is 12.4. The van der Waals surface area contributed by atoms with E-state index in [9.17, 15) is 9.59 Å². The number of carbonyl (C=O) groups excluding carboxylic acids is 2. The maximum Gasteiger partial charge on any atom is 0.251 e.